The van der Waals surface area contributed by atoms with Crippen molar-refractivity contribution >= 4 is 11.7 Å². The van der Waals surface area contributed by atoms with Gasteiger partial charge in [-0.3, -0.25) is 4.79 Å². The first-order chi connectivity index (χ1) is 16.6. The van der Waals surface area contributed by atoms with Gasteiger partial charge in [0.05, 0.1) is 12.7 Å². The highest BCUT2D eigenvalue weighted by molar-refractivity contribution is 5.94. The number of oxime groups is 1. The van der Waals surface area contributed by atoms with Gasteiger partial charge in [0.1, 0.15) is 11.8 Å². The molecule has 1 spiro atoms. The third kappa shape index (κ3) is 3.41. The first kappa shape index (κ1) is 24.2. The van der Waals surface area contributed by atoms with Crippen molar-refractivity contribution in [1.29, 1.82) is 0 Å². The number of rotatable bonds is 1. The number of hydrogen-bond acceptors (Lipinski definition) is 6. The smallest absolute Gasteiger partial charge is 0.302 e. The normalized spacial score (nSPS) is 56.3. The Bertz CT molecular complexity index is 906. The minimum absolute atomic E-state index is 0.112. The summed E-state index contributed by atoms with van der Waals surface area (Å²) in [5.74, 6) is 2.80. The second-order valence-electron chi connectivity index (χ2n) is 13.8. The third-order valence-electron chi connectivity index (χ3n) is 12.1. The zero-order valence-corrected chi connectivity index (χ0v) is 22.3. The molecule has 6 nitrogen and oxygen atoms in total. The second-order valence-corrected chi connectivity index (χ2v) is 13.8. The van der Waals surface area contributed by atoms with Crippen LogP contribution >= 0.6 is 0 Å². The fourth-order valence-electron chi connectivity index (χ4n) is 10.7. The molecular weight excluding hydrogens is 442 g/mol. The van der Waals surface area contributed by atoms with Crippen molar-refractivity contribution in [2.24, 2.45) is 57.4 Å². The fraction of sp³-hybridized carbons (Fsp3) is 0.931. The molecule has 0 amide bonds. The molecule has 6 rings (SSSR count). The SMILES string of the molecule is CC(=O)O[C@@H]1CC[C@@]2(C)[C@H](CC[C@@H]3[C@@H]2CC[C@]2(C)[C@@H]4[C@H](C[C@@H]32)O[C@]2(C[C@@H](C)CO2)/C(=N\O)[C@H]4C)C1. The van der Waals surface area contributed by atoms with Gasteiger partial charge in [-0.15, -0.1) is 0 Å². The molecule has 35 heavy (non-hydrogen) atoms. The molecule has 12 atom stereocenters. The van der Waals surface area contributed by atoms with Gasteiger partial charge in [0.25, 0.3) is 0 Å². The average Bonchev–Trinajstić information content (AvgIpc) is 3.30. The van der Waals surface area contributed by atoms with Crippen LogP contribution in [0.2, 0.25) is 0 Å². The number of ether oxygens (including phenoxy) is 3. The Labute approximate surface area is 210 Å². The zero-order chi connectivity index (χ0) is 24.8. The van der Waals surface area contributed by atoms with Gasteiger partial charge in [0.15, 0.2) is 0 Å². The van der Waals surface area contributed by atoms with Crippen molar-refractivity contribution in [1.82, 2.24) is 0 Å². The molecule has 6 fully saturated rings. The summed E-state index contributed by atoms with van der Waals surface area (Å²) in [6.07, 6.45) is 10.5. The average molecular weight is 488 g/mol. The quantitative estimate of drug-likeness (QED) is 0.287. The lowest BCUT2D eigenvalue weighted by Crippen LogP contribution is -2.58. The van der Waals surface area contributed by atoms with Crippen LogP contribution in [0, 0.1) is 52.3 Å². The lowest BCUT2D eigenvalue weighted by molar-refractivity contribution is -0.221. The Morgan fingerprint density at radius 2 is 1.83 bits per heavy atom. The number of esters is 1. The van der Waals surface area contributed by atoms with Gasteiger partial charge in [-0.2, -0.15) is 0 Å². The van der Waals surface area contributed by atoms with Gasteiger partial charge in [-0.05, 0) is 97.7 Å². The van der Waals surface area contributed by atoms with Crippen LogP contribution in [-0.4, -0.2) is 41.5 Å². The predicted molar refractivity (Wildman–Crippen MR) is 132 cm³/mol. The van der Waals surface area contributed by atoms with E-state index in [0.717, 1.165) is 43.2 Å². The molecule has 6 heteroatoms. The Morgan fingerprint density at radius 3 is 2.51 bits per heavy atom. The Balaban J connectivity index is 1.26. The molecule has 2 heterocycles. The molecule has 0 aromatic carbocycles. The molecule has 2 aliphatic heterocycles. The monoisotopic (exact) mass is 487 g/mol. The van der Waals surface area contributed by atoms with Gasteiger partial charge >= 0.3 is 5.97 Å². The molecule has 4 aliphatic carbocycles. The van der Waals surface area contributed by atoms with Gasteiger partial charge in [-0.1, -0.05) is 32.9 Å². The van der Waals surface area contributed by atoms with E-state index in [9.17, 15) is 10.0 Å². The van der Waals surface area contributed by atoms with Crippen molar-refractivity contribution in [3.63, 3.8) is 0 Å². The fourth-order valence-corrected chi connectivity index (χ4v) is 10.7. The number of carbonyl (C=O) groups excluding carboxylic acids is 1. The number of nitrogens with zero attached hydrogens (tertiary/aromatic N) is 1. The highest BCUT2D eigenvalue weighted by Gasteiger charge is 2.68. The van der Waals surface area contributed by atoms with Gasteiger partial charge in [0.2, 0.25) is 5.79 Å². The highest BCUT2D eigenvalue weighted by Crippen LogP contribution is 2.70. The van der Waals surface area contributed by atoms with Crippen LogP contribution in [0.5, 0.6) is 0 Å². The van der Waals surface area contributed by atoms with Crippen molar-refractivity contribution in [3.8, 4) is 0 Å². The lowest BCUT2D eigenvalue weighted by atomic mass is 9.44. The van der Waals surface area contributed by atoms with Crippen molar-refractivity contribution in [3.05, 3.63) is 0 Å². The molecular formula is C29H45NO5. The Kier molecular flexibility index (Phi) is 5.66. The van der Waals surface area contributed by atoms with Gasteiger partial charge < -0.3 is 19.4 Å². The maximum Gasteiger partial charge on any atom is 0.302 e. The van der Waals surface area contributed by atoms with E-state index in [0.29, 0.717) is 35.7 Å². The molecule has 0 bridgehead atoms. The number of hydrogen-bond donors (Lipinski definition) is 1. The summed E-state index contributed by atoms with van der Waals surface area (Å²) in [6.45, 7) is 11.8. The minimum atomic E-state index is -0.823. The first-order valence-electron chi connectivity index (χ1n) is 14.3. The molecule has 1 N–H and O–H groups in total. The second kappa shape index (κ2) is 8.18. The van der Waals surface area contributed by atoms with E-state index in [1.807, 2.05) is 0 Å². The third-order valence-corrected chi connectivity index (χ3v) is 12.1. The topological polar surface area (TPSA) is 77.4 Å². The van der Waals surface area contributed by atoms with E-state index in [2.05, 4.69) is 32.9 Å². The van der Waals surface area contributed by atoms with Crippen molar-refractivity contribution in [2.75, 3.05) is 6.61 Å². The molecule has 0 aromatic heterocycles. The molecule has 2 saturated heterocycles. The molecule has 0 radical (unpaired) electrons. The van der Waals surface area contributed by atoms with Crippen molar-refractivity contribution in [2.45, 2.75) is 110 Å². The Morgan fingerprint density at radius 1 is 1.06 bits per heavy atom. The maximum absolute atomic E-state index is 11.6. The van der Waals surface area contributed by atoms with Crippen LogP contribution in [0.1, 0.15) is 92.4 Å². The zero-order valence-electron chi connectivity index (χ0n) is 22.3. The lowest BCUT2D eigenvalue weighted by Gasteiger charge is -2.61. The van der Waals surface area contributed by atoms with E-state index >= 15 is 0 Å². The van der Waals surface area contributed by atoms with Gasteiger partial charge in [-0.25, -0.2) is 0 Å². The van der Waals surface area contributed by atoms with Crippen LogP contribution in [-0.2, 0) is 19.0 Å². The summed E-state index contributed by atoms with van der Waals surface area (Å²) >= 11 is 0. The van der Waals surface area contributed by atoms with E-state index in [4.69, 9.17) is 14.2 Å². The number of fused-ring (bicyclic) bond motifs is 7. The largest absolute Gasteiger partial charge is 0.463 e. The summed E-state index contributed by atoms with van der Waals surface area (Å²) in [5, 5.41) is 13.9. The highest BCUT2D eigenvalue weighted by atomic mass is 16.7. The molecule has 0 aromatic rings. The standard InChI is InChI=1S/C29H45NO5/c1-16-14-29(33-15-16)26(30-32)17(2)25-24(35-29)13-23-21-7-6-19-12-20(34-18(3)31)8-10-27(19,4)22(21)9-11-28(23,25)5/h16-17,19-25,32H,6-15H2,1-5H3/b30-26-/t16-,17+,19-,20-,21-,22+,23+,24+,25+,27+,28+,29-/m1/s1. The van der Waals surface area contributed by atoms with Crippen LogP contribution < -0.4 is 0 Å². The summed E-state index contributed by atoms with van der Waals surface area (Å²) in [6, 6.07) is 0. The maximum atomic E-state index is 11.6. The van der Waals surface area contributed by atoms with Crippen LogP contribution in [0.4, 0.5) is 0 Å². The van der Waals surface area contributed by atoms with Crippen LogP contribution in [0.3, 0.4) is 0 Å². The first-order valence-corrected chi connectivity index (χ1v) is 14.3. The number of carbonyl (C=O) groups is 1. The van der Waals surface area contributed by atoms with Gasteiger partial charge in [0, 0.05) is 19.3 Å². The minimum Gasteiger partial charge on any atom is -0.463 e. The summed E-state index contributed by atoms with van der Waals surface area (Å²) in [7, 11) is 0. The molecule has 4 saturated carbocycles. The van der Waals surface area contributed by atoms with E-state index < -0.39 is 5.79 Å². The molecule has 0 unspecified atom stereocenters. The summed E-state index contributed by atoms with van der Waals surface area (Å²) in [4.78, 5) is 11.6. The predicted octanol–water partition coefficient (Wildman–Crippen LogP) is 5.80. The summed E-state index contributed by atoms with van der Waals surface area (Å²) < 4.78 is 18.8. The summed E-state index contributed by atoms with van der Waals surface area (Å²) in [5.41, 5.74) is 1.29. The Hall–Kier alpha value is -1.14. The van der Waals surface area contributed by atoms with E-state index in [1.165, 1.54) is 32.1 Å². The van der Waals surface area contributed by atoms with Crippen molar-refractivity contribution < 1.29 is 24.2 Å². The van der Waals surface area contributed by atoms with Crippen LogP contribution in [0.15, 0.2) is 5.16 Å². The van der Waals surface area contributed by atoms with E-state index in [1.54, 1.807) is 6.92 Å². The van der Waals surface area contributed by atoms with E-state index in [-0.39, 0.29) is 29.5 Å². The molecule has 196 valence electrons. The molecule has 6 aliphatic rings. The van der Waals surface area contributed by atoms with Crippen LogP contribution in [0.25, 0.3) is 0 Å².